The summed E-state index contributed by atoms with van der Waals surface area (Å²) in [6.07, 6.45) is 0.326. The van der Waals surface area contributed by atoms with Crippen LogP contribution in [0.4, 0.5) is 0 Å². The highest BCUT2D eigenvalue weighted by molar-refractivity contribution is 6.53. The van der Waals surface area contributed by atoms with Crippen molar-refractivity contribution in [2.75, 3.05) is 24.8 Å². The summed E-state index contributed by atoms with van der Waals surface area (Å²) < 4.78 is 0. The van der Waals surface area contributed by atoms with Crippen molar-refractivity contribution < 1.29 is 9.59 Å². The molecule has 2 amide bonds. The number of amides is 2. The van der Waals surface area contributed by atoms with Crippen molar-refractivity contribution >= 4 is 58.2 Å². The summed E-state index contributed by atoms with van der Waals surface area (Å²) in [6.45, 7) is 0.693. The molecule has 8 heteroatoms. The Kier molecular flexibility index (Phi) is 9.72. The molecule has 0 aliphatic heterocycles. The second kappa shape index (κ2) is 11.0. The molecule has 1 atom stereocenters. The molecule has 23 heavy (non-hydrogen) atoms. The first kappa shape index (κ1) is 20.4. The SMILES string of the molecule is O=C(NC(Cc1ccccc1)C(=O)N(CCCl)CCCl)C(Cl)Cl. The molecule has 0 heterocycles. The summed E-state index contributed by atoms with van der Waals surface area (Å²) in [5, 5.41) is 2.58. The predicted molar refractivity (Wildman–Crippen MR) is 95.6 cm³/mol. The third-order valence-corrected chi connectivity index (χ3v) is 3.85. The fraction of sp³-hybridized carbons (Fsp3) is 0.467. The van der Waals surface area contributed by atoms with Crippen molar-refractivity contribution in [3.63, 3.8) is 0 Å². The van der Waals surface area contributed by atoms with Gasteiger partial charge in [0.1, 0.15) is 6.04 Å². The molecule has 0 saturated heterocycles. The first-order valence-corrected chi connectivity index (χ1v) is 8.97. The molecule has 0 aliphatic carbocycles. The van der Waals surface area contributed by atoms with Crippen LogP contribution < -0.4 is 5.32 Å². The summed E-state index contributed by atoms with van der Waals surface area (Å²) in [6, 6.07) is 8.56. The summed E-state index contributed by atoms with van der Waals surface area (Å²) in [5.41, 5.74) is 0.906. The number of hydrogen-bond donors (Lipinski definition) is 1. The Hall–Kier alpha value is -0.680. The van der Waals surface area contributed by atoms with Gasteiger partial charge in [-0.05, 0) is 5.56 Å². The zero-order chi connectivity index (χ0) is 17.2. The fourth-order valence-electron chi connectivity index (χ4n) is 2.04. The highest BCUT2D eigenvalue weighted by Crippen LogP contribution is 2.09. The minimum atomic E-state index is -1.24. The number of hydrogen-bond acceptors (Lipinski definition) is 2. The topological polar surface area (TPSA) is 49.4 Å². The van der Waals surface area contributed by atoms with E-state index < -0.39 is 16.8 Å². The van der Waals surface area contributed by atoms with Gasteiger partial charge in [-0.2, -0.15) is 0 Å². The van der Waals surface area contributed by atoms with E-state index >= 15 is 0 Å². The number of carbonyl (C=O) groups excluding carboxylic acids is 2. The van der Waals surface area contributed by atoms with Gasteiger partial charge in [0.2, 0.25) is 5.91 Å². The van der Waals surface area contributed by atoms with E-state index in [1.807, 2.05) is 30.3 Å². The first-order chi connectivity index (χ1) is 11.0. The first-order valence-electron chi connectivity index (χ1n) is 7.02. The van der Waals surface area contributed by atoms with Gasteiger partial charge >= 0.3 is 0 Å². The number of carbonyl (C=O) groups is 2. The second-order valence-electron chi connectivity index (χ2n) is 4.75. The van der Waals surface area contributed by atoms with Crippen LogP contribution in [0.2, 0.25) is 0 Å². The molecule has 1 rings (SSSR count). The Labute approximate surface area is 156 Å². The summed E-state index contributed by atoms with van der Waals surface area (Å²) in [7, 11) is 0. The molecular weight excluding hydrogens is 382 g/mol. The van der Waals surface area contributed by atoms with E-state index in [1.54, 1.807) is 0 Å². The molecule has 1 aromatic rings. The molecule has 1 N–H and O–H groups in total. The Bertz CT molecular complexity index is 494. The van der Waals surface area contributed by atoms with E-state index in [0.717, 1.165) is 5.56 Å². The smallest absolute Gasteiger partial charge is 0.253 e. The number of halogens is 4. The van der Waals surface area contributed by atoms with Gasteiger partial charge in [-0.25, -0.2) is 0 Å². The maximum atomic E-state index is 12.7. The van der Waals surface area contributed by atoms with E-state index in [0.29, 0.717) is 19.5 Å². The Morgan fingerprint density at radius 2 is 1.61 bits per heavy atom. The largest absolute Gasteiger partial charge is 0.342 e. The maximum Gasteiger partial charge on any atom is 0.253 e. The minimum absolute atomic E-state index is 0.266. The van der Waals surface area contributed by atoms with Crippen LogP contribution >= 0.6 is 46.4 Å². The van der Waals surface area contributed by atoms with Gasteiger partial charge < -0.3 is 10.2 Å². The number of nitrogens with one attached hydrogen (secondary N) is 1. The van der Waals surface area contributed by atoms with Gasteiger partial charge in [-0.3, -0.25) is 9.59 Å². The molecule has 128 valence electrons. The summed E-state index contributed by atoms with van der Waals surface area (Å²) in [4.78, 5) is 24.8. The predicted octanol–water partition coefficient (Wildman–Crippen LogP) is 2.82. The number of alkyl halides is 4. The average molecular weight is 400 g/mol. The molecule has 4 nitrogen and oxygen atoms in total. The van der Waals surface area contributed by atoms with Gasteiger partial charge in [0.05, 0.1) is 0 Å². The molecule has 0 fully saturated rings. The van der Waals surface area contributed by atoms with Crippen molar-refractivity contribution in [1.29, 1.82) is 0 Å². The average Bonchev–Trinajstić information content (AvgIpc) is 2.54. The summed E-state index contributed by atoms with van der Waals surface area (Å²) in [5.74, 6) is -0.318. The van der Waals surface area contributed by atoms with Crippen LogP contribution in [-0.4, -0.2) is 52.4 Å². The van der Waals surface area contributed by atoms with E-state index in [9.17, 15) is 9.59 Å². The standard InChI is InChI=1S/C15H18Cl4N2O2/c16-6-8-21(9-7-17)15(23)12(20-14(22)13(18)19)10-11-4-2-1-3-5-11/h1-5,12-13H,6-10H2,(H,20,22). The molecule has 0 spiro atoms. The highest BCUT2D eigenvalue weighted by atomic mass is 35.5. The van der Waals surface area contributed by atoms with Crippen LogP contribution in [0.3, 0.4) is 0 Å². The van der Waals surface area contributed by atoms with Gasteiger partial charge in [-0.15, -0.1) is 23.2 Å². The highest BCUT2D eigenvalue weighted by Gasteiger charge is 2.27. The van der Waals surface area contributed by atoms with Crippen LogP contribution in [0.15, 0.2) is 30.3 Å². The van der Waals surface area contributed by atoms with E-state index in [1.165, 1.54) is 4.90 Å². The van der Waals surface area contributed by atoms with Gasteiger partial charge in [0.15, 0.2) is 4.84 Å². The van der Waals surface area contributed by atoms with E-state index in [-0.39, 0.29) is 17.7 Å². The monoisotopic (exact) mass is 398 g/mol. The van der Waals surface area contributed by atoms with Crippen LogP contribution in [-0.2, 0) is 16.0 Å². The lowest BCUT2D eigenvalue weighted by atomic mass is 10.0. The number of nitrogens with zero attached hydrogens (tertiary/aromatic N) is 1. The Morgan fingerprint density at radius 3 is 2.09 bits per heavy atom. The third-order valence-electron chi connectivity index (χ3n) is 3.12. The minimum Gasteiger partial charge on any atom is -0.342 e. The van der Waals surface area contributed by atoms with Crippen LogP contribution in [0.25, 0.3) is 0 Å². The molecule has 0 radical (unpaired) electrons. The van der Waals surface area contributed by atoms with Crippen LogP contribution in [0, 0.1) is 0 Å². The van der Waals surface area contributed by atoms with Crippen molar-refractivity contribution in [2.24, 2.45) is 0 Å². The second-order valence-corrected chi connectivity index (χ2v) is 6.61. The molecule has 0 bridgehead atoms. The quantitative estimate of drug-likeness (QED) is 0.649. The van der Waals surface area contributed by atoms with Crippen molar-refractivity contribution in [3.05, 3.63) is 35.9 Å². The molecule has 1 aromatic carbocycles. The van der Waals surface area contributed by atoms with Crippen molar-refractivity contribution in [2.45, 2.75) is 17.3 Å². The molecule has 1 unspecified atom stereocenters. The zero-order valence-electron chi connectivity index (χ0n) is 12.4. The van der Waals surface area contributed by atoms with E-state index in [2.05, 4.69) is 5.32 Å². The number of benzene rings is 1. The van der Waals surface area contributed by atoms with Gasteiger partial charge in [0, 0.05) is 31.3 Å². The molecule has 0 saturated carbocycles. The van der Waals surface area contributed by atoms with Gasteiger partial charge in [-0.1, -0.05) is 53.5 Å². The van der Waals surface area contributed by atoms with Crippen molar-refractivity contribution in [1.82, 2.24) is 10.2 Å². The maximum absolute atomic E-state index is 12.7. The van der Waals surface area contributed by atoms with Gasteiger partial charge in [0.25, 0.3) is 5.91 Å². The molecular formula is C15H18Cl4N2O2. The number of rotatable bonds is 9. The lowest BCUT2D eigenvalue weighted by Gasteiger charge is -2.27. The van der Waals surface area contributed by atoms with Crippen LogP contribution in [0.1, 0.15) is 5.56 Å². The Morgan fingerprint density at radius 1 is 1.04 bits per heavy atom. The lowest BCUT2D eigenvalue weighted by molar-refractivity contribution is -0.135. The summed E-state index contributed by atoms with van der Waals surface area (Å²) >= 11 is 22.6. The zero-order valence-corrected chi connectivity index (χ0v) is 15.4. The fourth-order valence-corrected chi connectivity index (χ4v) is 2.58. The van der Waals surface area contributed by atoms with E-state index in [4.69, 9.17) is 46.4 Å². The van der Waals surface area contributed by atoms with Crippen molar-refractivity contribution in [3.8, 4) is 0 Å². The normalized spacial score (nSPS) is 12.0. The molecule has 0 aliphatic rings. The molecule has 0 aromatic heterocycles. The lowest BCUT2D eigenvalue weighted by Crippen LogP contribution is -2.51. The van der Waals surface area contributed by atoms with Crippen LogP contribution in [0.5, 0.6) is 0 Å². The third kappa shape index (κ3) is 7.17. The Balaban J connectivity index is 2.91.